The Morgan fingerprint density at radius 3 is 2.73 bits per heavy atom. The number of nitrogens with zero attached hydrogens (tertiary/aromatic N) is 4. The summed E-state index contributed by atoms with van der Waals surface area (Å²) < 4.78 is 7.37. The molecule has 0 radical (unpaired) electrons. The van der Waals surface area contributed by atoms with Gasteiger partial charge in [-0.1, -0.05) is 59.8 Å². The highest BCUT2D eigenvalue weighted by molar-refractivity contribution is 8.01. The molecule has 130 valence electrons. The number of nitrogens with one attached hydrogen (secondary N) is 1. The Bertz CT molecular complexity index is 1010. The van der Waals surface area contributed by atoms with Gasteiger partial charge in [0.1, 0.15) is 11.0 Å². The summed E-state index contributed by atoms with van der Waals surface area (Å²) in [6.07, 6.45) is 0. The van der Waals surface area contributed by atoms with Crippen LogP contribution in [0, 0.1) is 6.92 Å². The van der Waals surface area contributed by atoms with E-state index in [-0.39, 0.29) is 11.3 Å². The number of hydrogen-bond donors (Lipinski definition) is 1. The first-order chi connectivity index (χ1) is 12.7. The summed E-state index contributed by atoms with van der Waals surface area (Å²) >= 11 is 1.69. The summed E-state index contributed by atoms with van der Waals surface area (Å²) in [6.45, 7) is 2.07. The molecule has 0 amide bonds. The van der Waals surface area contributed by atoms with Gasteiger partial charge in [0.05, 0.1) is 13.2 Å². The Morgan fingerprint density at radius 2 is 1.92 bits per heavy atom. The largest absolute Gasteiger partial charge is 0.496 e. The number of benzene rings is 2. The second kappa shape index (κ2) is 5.88. The van der Waals surface area contributed by atoms with Gasteiger partial charge in [-0.3, -0.25) is 5.43 Å². The van der Waals surface area contributed by atoms with Crippen LogP contribution in [0.5, 0.6) is 5.75 Å². The predicted molar refractivity (Wildman–Crippen MR) is 102 cm³/mol. The van der Waals surface area contributed by atoms with Crippen molar-refractivity contribution in [2.75, 3.05) is 7.11 Å². The summed E-state index contributed by atoms with van der Waals surface area (Å²) in [5.41, 5.74) is 6.58. The van der Waals surface area contributed by atoms with Crippen LogP contribution in [-0.4, -0.2) is 33.0 Å². The van der Waals surface area contributed by atoms with Gasteiger partial charge in [-0.05, 0) is 13.0 Å². The van der Waals surface area contributed by atoms with Crippen molar-refractivity contribution in [1.82, 2.24) is 20.2 Å². The number of hydrogen-bond acceptors (Lipinski definition) is 6. The number of hydrazone groups is 1. The van der Waals surface area contributed by atoms with Crippen LogP contribution in [0.4, 0.5) is 0 Å². The van der Waals surface area contributed by atoms with Crippen molar-refractivity contribution in [3.63, 3.8) is 0 Å². The van der Waals surface area contributed by atoms with Gasteiger partial charge in [-0.25, -0.2) is 4.98 Å². The van der Waals surface area contributed by atoms with E-state index in [4.69, 9.17) is 9.72 Å². The molecule has 5 rings (SSSR count). The fourth-order valence-corrected chi connectivity index (χ4v) is 4.52. The molecule has 2 unspecified atom stereocenters. The van der Waals surface area contributed by atoms with Gasteiger partial charge >= 0.3 is 0 Å². The number of fused-ring (bicyclic) bond motifs is 3. The van der Waals surface area contributed by atoms with E-state index in [1.807, 2.05) is 22.9 Å². The number of methoxy groups -OCH3 is 1. The topological polar surface area (TPSA) is 64.3 Å². The molecule has 26 heavy (non-hydrogen) atoms. The number of ether oxygens (including phenoxy) is 1. The van der Waals surface area contributed by atoms with Crippen molar-refractivity contribution in [2.24, 2.45) is 5.10 Å². The molecule has 0 fully saturated rings. The van der Waals surface area contributed by atoms with Crippen LogP contribution < -0.4 is 10.2 Å². The molecule has 3 aromatic rings. The molecule has 1 aromatic heterocycles. The average molecular weight is 363 g/mol. The Labute approximate surface area is 155 Å². The first kappa shape index (κ1) is 15.5. The molecule has 2 aliphatic rings. The lowest BCUT2D eigenvalue weighted by molar-refractivity contribution is 0.403. The quantitative estimate of drug-likeness (QED) is 0.774. The molecule has 0 bridgehead atoms. The normalized spacial score (nSPS) is 20.3. The number of thioether (sulfide) groups is 1. The highest BCUT2D eigenvalue weighted by Gasteiger charge is 2.43. The minimum Gasteiger partial charge on any atom is -0.496 e. The molecule has 0 aliphatic carbocycles. The number of aromatic nitrogens is 3. The Kier molecular flexibility index (Phi) is 3.49. The van der Waals surface area contributed by atoms with E-state index in [1.165, 1.54) is 5.56 Å². The molecular formula is C19H17N5OS. The second-order valence-corrected chi connectivity index (χ2v) is 7.46. The molecule has 2 aliphatic heterocycles. The lowest BCUT2D eigenvalue weighted by Crippen LogP contribution is -2.24. The van der Waals surface area contributed by atoms with Crippen LogP contribution in [-0.2, 0) is 0 Å². The monoisotopic (exact) mass is 363 g/mol. The Morgan fingerprint density at radius 1 is 1.12 bits per heavy atom. The Hall–Kier alpha value is -2.80. The summed E-state index contributed by atoms with van der Waals surface area (Å²) in [6, 6.07) is 16.3. The summed E-state index contributed by atoms with van der Waals surface area (Å²) in [5.74, 6) is 2.49. The molecule has 2 aromatic carbocycles. The second-order valence-electron chi connectivity index (χ2n) is 6.35. The van der Waals surface area contributed by atoms with E-state index in [0.717, 1.165) is 33.7 Å². The standard InChI is InChI=1S/C19H17N5OS/c1-11-7-9-12(10-8-11)17-20-19-24(23-17)18-16(26-19)15(21-22-18)13-5-3-4-6-14(13)25-2/h3-10,15-16,21H,1-2H3. The Balaban J connectivity index is 1.46. The van der Waals surface area contributed by atoms with Gasteiger partial charge in [0.2, 0.25) is 0 Å². The molecule has 0 saturated heterocycles. The first-order valence-corrected chi connectivity index (χ1v) is 9.30. The maximum Gasteiger partial charge on any atom is 0.193 e. The van der Waals surface area contributed by atoms with Gasteiger partial charge in [-0.2, -0.15) is 9.78 Å². The van der Waals surface area contributed by atoms with Gasteiger partial charge in [0, 0.05) is 11.1 Å². The molecule has 3 heterocycles. The van der Waals surface area contributed by atoms with Crippen LogP contribution in [0.25, 0.3) is 11.4 Å². The first-order valence-electron chi connectivity index (χ1n) is 8.42. The van der Waals surface area contributed by atoms with Crippen LogP contribution in [0.1, 0.15) is 17.2 Å². The fraction of sp³-hybridized carbons (Fsp3) is 0.211. The van der Waals surface area contributed by atoms with Crippen molar-refractivity contribution in [3.8, 4) is 17.1 Å². The average Bonchev–Trinajstić information content (AvgIpc) is 3.33. The van der Waals surface area contributed by atoms with E-state index in [1.54, 1.807) is 18.9 Å². The third kappa shape index (κ3) is 2.31. The van der Waals surface area contributed by atoms with E-state index >= 15 is 0 Å². The molecule has 6 nitrogen and oxygen atoms in total. The zero-order valence-electron chi connectivity index (χ0n) is 14.4. The summed E-state index contributed by atoms with van der Waals surface area (Å²) in [5, 5.41) is 10.2. The van der Waals surface area contributed by atoms with E-state index in [2.05, 4.69) is 52.9 Å². The smallest absolute Gasteiger partial charge is 0.193 e. The van der Waals surface area contributed by atoms with E-state index in [9.17, 15) is 0 Å². The van der Waals surface area contributed by atoms with E-state index < -0.39 is 0 Å². The third-order valence-electron chi connectivity index (χ3n) is 4.69. The number of aryl methyl sites for hydroxylation is 1. The summed E-state index contributed by atoms with van der Waals surface area (Å²) in [7, 11) is 1.69. The van der Waals surface area contributed by atoms with Crippen molar-refractivity contribution < 1.29 is 4.74 Å². The number of para-hydroxylation sites is 1. The lowest BCUT2D eigenvalue weighted by atomic mass is 10.0. The van der Waals surface area contributed by atoms with Crippen LogP contribution in [0.15, 0.2) is 58.8 Å². The lowest BCUT2D eigenvalue weighted by Gasteiger charge is -2.18. The van der Waals surface area contributed by atoms with Crippen molar-refractivity contribution >= 4 is 17.6 Å². The minimum atomic E-state index is 0.0393. The fourth-order valence-electron chi connectivity index (χ4n) is 3.32. The van der Waals surface area contributed by atoms with Crippen molar-refractivity contribution in [1.29, 1.82) is 0 Å². The van der Waals surface area contributed by atoms with Crippen LogP contribution in [0.2, 0.25) is 0 Å². The molecule has 2 atom stereocenters. The third-order valence-corrected chi connectivity index (χ3v) is 5.90. The van der Waals surface area contributed by atoms with Gasteiger partial charge in [0.15, 0.2) is 16.8 Å². The maximum absolute atomic E-state index is 5.51. The molecule has 0 spiro atoms. The van der Waals surface area contributed by atoms with Crippen LogP contribution in [0.3, 0.4) is 0 Å². The number of rotatable bonds is 3. The highest BCUT2D eigenvalue weighted by atomic mass is 32.2. The van der Waals surface area contributed by atoms with Gasteiger partial charge in [0.25, 0.3) is 0 Å². The predicted octanol–water partition coefficient (Wildman–Crippen LogP) is 3.24. The van der Waals surface area contributed by atoms with Gasteiger partial charge < -0.3 is 4.74 Å². The van der Waals surface area contributed by atoms with Crippen molar-refractivity contribution in [3.05, 3.63) is 59.7 Å². The molecule has 7 heteroatoms. The van der Waals surface area contributed by atoms with Gasteiger partial charge in [-0.15, -0.1) is 5.10 Å². The highest BCUT2D eigenvalue weighted by Crippen LogP contribution is 2.43. The minimum absolute atomic E-state index is 0.0393. The zero-order valence-corrected chi connectivity index (χ0v) is 15.2. The van der Waals surface area contributed by atoms with E-state index in [0.29, 0.717) is 0 Å². The molecular weight excluding hydrogens is 346 g/mol. The zero-order chi connectivity index (χ0) is 17.7. The molecule has 1 N–H and O–H groups in total. The SMILES string of the molecule is COc1ccccc1C1NN=C2C1Sc1nc(-c3ccc(C)cc3)nn12. The maximum atomic E-state index is 5.51. The van der Waals surface area contributed by atoms with Crippen molar-refractivity contribution in [2.45, 2.75) is 23.4 Å². The van der Waals surface area contributed by atoms with Crippen LogP contribution >= 0.6 is 11.8 Å². The summed E-state index contributed by atoms with van der Waals surface area (Å²) in [4.78, 5) is 4.72. The molecule has 0 saturated carbocycles.